The van der Waals surface area contributed by atoms with Gasteiger partial charge in [-0.05, 0) is 0 Å². The minimum Gasteiger partial charge on any atom is -0.394 e. The number of hydrogen-bond acceptors (Lipinski definition) is 13. The van der Waals surface area contributed by atoms with Gasteiger partial charge in [0, 0.05) is 13.8 Å². The summed E-state index contributed by atoms with van der Waals surface area (Å²) in [6, 6.07) is -2.90. The highest BCUT2D eigenvalue weighted by molar-refractivity contribution is 7.80. The average Bonchev–Trinajstić information content (AvgIpc) is 2.70. The largest absolute Gasteiger partial charge is 0.397 e. The van der Waals surface area contributed by atoms with Gasteiger partial charge < -0.3 is 50.4 Å². The van der Waals surface area contributed by atoms with Crippen molar-refractivity contribution in [2.75, 3.05) is 13.2 Å². The normalized spacial score (nSPS) is 39.6. The number of aliphatic hydroxyl groups excluding tert-OH is 5. The van der Waals surface area contributed by atoms with Gasteiger partial charge in [-0.3, -0.25) is 14.1 Å². The fraction of sp³-hybridized carbons (Fsp3) is 0.875. The lowest BCUT2D eigenvalue weighted by molar-refractivity contribution is -0.327. The number of aliphatic hydroxyl groups is 5. The van der Waals surface area contributed by atoms with E-state index in [1.807, 2.05) is 0 Å². The van der Waals surface area contributed by atoms with E-state index in [4.69, 9.17) is 18.8 Å². The van der Waals surface area contributed by atoms with Crippen LogP contribution >= 0.6 is 0 Å². The van der Waals surface area contributed by atoms with Crippen LogP contribution < -0.4 is 10.6 Å². The number of carbonyl (C=O) groups excluding carboxylic acids is 2. The van der Waals surface area contributed by atoms with E-state index < -0.39 is 96.7 Å². The van der Waals surface area contributed by atoms with E-state index >= 15 is 0 Å². The Labute approximate surface area is 188 Å². The molecule has 0 bridgehead atoms. The lowest BCUT2D eigenvalue weighted by Crippen LogP contribution is -2.69. The monoisotopic (exact) mass is 504 g/mol. The van der Waals surface area contributed by atoms with Gasteiger partial charge in [0.1, 0.15) is 48.7 Å². The van der Waals surface area contributed by atoms with Crippen molar-refractivity contribution in [3.63, 3.8) is 0 Å². The minimum atomic E-state index is -4.97. The van der Waals surface area contributed by atoms with Crippen molar-refractivity contribution in [2.45, 2.75) is 75.1 Å². The first-order valence-corrected chi connectivity index (χ1v) is 11.1. The topological polar surface area (TPSA) is 251 Å². The molecule has 0 unspecified atom stereocenters. The molecule has 16 nitrogen and oxygen atoms in total. The van der Waals surface area contributed by atoms with Crippen LogP contribution in [0.1, 0.15) is 13.8 Å². The fourth-order valence-corrected chi connectivity index (χ4v) is 3.83. The Hall–Kier alpha value is -1.51. The molecule has 0 aromatic carbocycles. The highest BCUT2D eigenvalue weighted by Gasteiger charge is 2.51. The predicted molar refractivity (Wildman–Crippen MR) is 102 cm³/mol. The lowest BCUT2D eigenvalue weighted by atomic mass is 9.94. The molecular formula is C16H28N2O14S. The number of carbonyl (C=O) groups is 2. The zero-order valence-electron chi connectivity index (χ0n) is 17.5. The van der Waals surface area contributed by atoms with E-state index in [0.717, 1.165) is 13.8 Å². The van der Waals surface area contributed by atoms with Crippen LogP contribution in [-0.2, 0) is 38.4 Å². The minimum absolute atomic E-state index is 0.663. The zero-order valence-corrected chi connectivity index (χ0v) is 18.4. The van der Waals surface area contributed by atoms with Crippen LogP contribution in [-0.4, -0.2) is 125 Å². The Kier molecular flexibility index (Phi) is 9.48. The Balaban J connectivity index is 2.35. The van der Waals surface area contributed by atoms with E-state index in [2.05, 4.69) is 14.8 Å². The average molecular weight is 504 g/mol. The molecule has 17 heteroatoms. The second kappa shape index (κ2) is 11.3. The van der Waals surface area contributed by atoms with E-state index in [1.54, 1.807) is 0 Å². The van der Waals surface area contributed by atoms with Gasteiger partial charge in [0.25, 0.3) is 0 Å². The van der Waals surface area contributed by atoms with Gasteiger partial charge in [0.2, 0.25) is 11.8 Å². The molecule has 2 amide bonds. The van der Waals surface area contributed by atoms with Crippen molar-refractivity contribution in [2.24, 2.45) is 0 Å². The molecule has 2 heterocycles. The van der Waals surface area contributed by atoms with Gasteiger partial charge in [-0.25, -0.2) is 4.18 Å². The summed E-state index contributed by atoms with van der Waals surface area (Å²) in [5.74, 6) is -1.33. The molecule has 2 aliphatic heterocycles. The quantitative estimate of drug-likeness (QED) is 0.144. The number of ether oxygens (including phenoxy) is 3. The third kappa shape index (κ3) is 7.23. The molecule has 33 heavy (non-hydrogen) atoms. The molecule has 0 saturated carbocycles. The first-order valence-electron chi connectivity index (χ1n) is 9.70. The molecule has 2 saturated heterocycles. The SMILES string of the molecule is CC(=O)N[C@@H]1[C@@H](O)[C@H](O[C@@H]2O[C@H](CO)[C@@H](O)[C@H](O)[C@H]2NC(C)=O)[C@@H](COS(=O)(=O)O)O[C@H]1O. The molecule has 0 spiro atoms. The smallest absolute Gasteiger partial charge is 0.394 e. The number of rotatable bonds is 8. The van der Waals surface area contributed by atoms with E-state index in [9.17, 15) is 43.5 Å². The number of hydrogen-bond donors (Lipinski definition) is 8. The molecule has 2 rings (SSSR count). The van der Waals surface area contributed by atoms with Crippen LogP contribution in [0.2, 0.25) is 0 Å². The summed E-state index contributed by atoms with van der Waals surface area (Å²) in [4.78, 5) is 23.0. The zero-order chi connectivity index (χ0) is 25.1. The van der Waals surface area contributed by atoms with Crippen LogP contribution in [0.25, 0.3) is 0 Å². The van der Waals surface area contributed by atoms with Gasteiger partial charge in [-0.1, -0.05) is 0 Å². The molecule has 0 aromatic heterocycles. The molecule has 192 valence electrons. The molecule has 0 aliphatic carbocycles. The Morgan fingerprint density at radius 2 is 1.48 bits per heavy atom. The lowest BCUT2D eigenvalue weighted by Gasteiger charge is -2.47. The van der Waals surface area contributed by atoms with E-state index in [0.29, 0.717) is 0 Å². The van der Waals surface area contributed by atoms with Crippen LogP contribution in [0.5, 0.6) is 0 Å². The predicted octanol–water partition coefficient (Wildman–Crippen LogP) is -5.28. The van der Waals surface area contributed by atoms with Crippen LogP contribution in [0, 0.1) is 0 Å². The van der Waals surface area contributed by atoms with Gasteiger partial charge in [-0.15, -0.1) is 0 Å². The molecule has 10 atom stereocenters. The fourth-order valence-electron chi connectivity index (χ4n) is 3.52. The highest BCUT2D eigenvalue weighted by Crippen LogP contribution is 2.29. The van der Waals surface area contributed by atoms with E-state index in [-0.39, 0.29) is 0 Å². The summed E-state index contributed by atoms with van der Waals surface area (Å²) >= 11 is 0. The third-order valence-electron chi connectivity index (χ3n) is 4.99. The van der Waals surface area contributed by atoms with Crippen LogP contribution in [0.3, 0.4) is 0 Å². The third-order valence-corrected chi connectivity index (χ3v) is 5.42. The van der Waals surface area contributed by atoms with E-state index in [1.165, 1.54) is 0 Å². The maximum absolute atomic E-state index is 11.6. The van der Waals surface area contributed by atoms with Crippen molar-refractivity contribution < 1.29 is 66.5 Å². The second-order valence-corrected chi connectivity index (χ2v) is 8.62. The molecular weight excluding hydrogens is 476 g/mol. The van der Waals surface area contributed by atoms with Crippen LogP contribution in [0.4, 0.5) is 0 Å². The van der Waals surface area contributed by atoms with Gasteiger partial charge in [0.05, 0.1) is 13.2 Å². The number of nitrogens with one attached hydrogen (secondary N) is 2. The maximum atomic E-state index is 11.6. The first-order chi connectivity index (χ1) is 15.2. The van der Waals surface area contributed by atoms with Crippen molar-refractivity contribution in [1.82, 2.24) is 10.6 Å². The number of amides is 2. The Bertz CT molecular complexity index is 796. The van der Waals surface area contributed by atoms with Crippen molar-refractivity contribution in [3.05, 3.63) is 0 Å². The summed E-state index contributed by atoms with van der Waals surface area (Å²) < 4.78 is 51.3. The van der Waals surface area contributed by atoms with Crippen molar-refractivity contribution in [3.8, 4) is 0 Å². The summed E-state index contributed by atoms with van der Waals surface area (Å²) in [5, 5.41) is 55.3. The molecule has 0 aromatic rings. The van der Waals surface area contributed by atoms with Crippen LogP contribution in [0.15, 0.2) is 0 Å². The van der Waals surface area contributed by atoms with Crippen molar-refractivity contribution in [1.29, 1.82) is 0 Å². The summed E-state index contributed by atoms with van der Waals surface area (Å²) in [7, 11) is -4.97. The molecule has 0 radical (unpaired) electrons. The summed E-state index contributed by atoms with van der Waals surface area (Å²) in [6.45, 7) is 0.454. The van der Waals surface area contributed by atoms with Gasteiger partial charge in [-0.2, -0.15) is 8.42 Å². The molecule has 2 aliphatic rings. The standard InChI is InChI=1S/C16H28N2O14S/c1-5(20)17-9-13(24)14(8(30-15(9)25)4-29-33(26,27)28)32-16-10(18-6(2)21)12(23)11(22)7(3-19)31-16/h7-16,19,22-25H,3-4H2,1-2H3,(H,17,20)(H,18,21)(H,26,27,28)/t7-,8-,9-,10-,11-,12-,13-,14-,15-,16+/m1/s1. The maximum Gasteiger partial charge on any atom is 0.397 e. The first kappa shape index (κ1) is 27.7. The van der Waals surface area contributed by atoms with Gasteiger partial charge >= 0.3 is 10.4 Å². The molecule has 2 fully saturated rings. The second-order valence-electron chi connectivity index (χ2n) is 7.53. The summed E-state index contributed by atoms with van der Waals surface area (Å²) in [5.41, 5.74) is 0. The molecule has 8 N–H and O–H groups in total. The van der Waals surface area contributed by atoms with Gasteiger partial charge in [0.15, 0.2) is 12.6 Å². The summed E-state index contributed by atoms with van der Waals surface area (Å²) in [6.07, 6.45) is -13.2. The van der Waals surface area contributed by atoms with Crippen molar-refractivity contribution >= 4 is 22.2 Å². The Morgan fingerprint density at radius 1 is 0.909 bits per heavy atom. The Morgan fingerprint density at radius 3 is 2.00 bits per heavy atom. The highest BCUT2D eigenvalue weighted by atomic mass is 32.3.